The highest BCUT2D eigenvalue weighted by molar-refractivity contribution is 5.40. The summed E-state index contributed by atoms with van der Waals surface area (Å²) in [6.45, 7) is 2.24. The Bertz CT molecular complexity index is 243. The second kappa shape index (κ2) is 5.63. The van der Waals surface area contributed by atoms with Crippen molar-refractivity contribution in [3.8, 4) is 0 Å². The minimum atomic E-state index is 0.882. The van der Waals surface area contributed by atoms with Crippen molar-refractivity contribution in [2.75, 3.05) is 5.73 Å². The lowest BCUT2D eigenvalue weighted by molar-refractivity contribution is 0.667. The van der Waals surface area contributed by atoms with E-state index in [0.717, 1.165) is 5.69 Å². The van der Waals surface area contributed by atoms with Gasteiger partial charge in [0.25, 0.3) is 0 Å². The Hall–Kier alpha value is -0.980. The Morgan fingerprint density at radius 3 is 2.69 bits per heavy atom. The first kappa shape index (κ1) is 10.1. The van der Waals surface area contributed by atoms with E-state index < -0.39 is 0 Å². The van der Waals surface area contributed by atoms with Crippen molar-refractivity contribution in [2.45, 2.75) is 39.0 Å². The normalized spacial score (nSPS) is 10.2. The number of nitrogens with two attached hydrogens (primary N) is 1. The average Bonchev–Trinajstić information content (AvgIpc) is 2.13. The predicted octanol–water partition coefficient (Wildman–Crippen LogP) is 3.39. The third-order valence-corrected chi connectivity index (χ3v) is 2.27. The van der Waals surface area contributed by atoms with Crippen LogP contribution in [0, 0.1) is 0 Å². The van der Waals surface area contributed by atoms with Gasteiger partial charge in [0.15, 0.2) is 0 Å². The van der Waals surface area contributed by atoms with E-state index in [-0.39, 0.29) is 0 Å². The summed E-state index contributed by atoms with van der Waals surface area (Å²) in [5, 5.41) is 0. The number of nitrogen functional groups attached to an aromatic ring is 1. The summed E-state index contributed by atoms with van der Waals surface area (Å²) in [6.07, 6.45) is 6.45. The molecule has 0 spiro atoms. The molecule has 0 atom stereocenters. The zero-order valence-electron chi connectivity index (χ0n) is 8.42. The summed E-state index contributed by atoms with van der Waals surface area (Å²) in [5.41, 5.74) is 7.94. The molecule has 1 rings (SSSR count). The first-order valence-electron chi connectivity index (χ1n) is 5.17. The van der Waals surface area contributed by atoms with Gasteiger partial charge in [-0.15, -0.1) is 0 Å². The molecule has 72 valence electrons. The van der Waals surface area contributed by atoms with Crippen molar-refractivity contribution in [3.63, 3.8) is 0 Å². The second-order valence-corrected chi connectivity index (χ2v) is 3.56. The molecule has 0 saturated heterocycles. The summed E-state index contributed by atoms with van der Waals surface area (Å²) < 4.78 is 0. The SMILES string of the molecule is CCCCCCc1cccc(N)c1. The number of unbranched alkanes of at least 4 members (excludes halogenated alkanes) is 3. The van der Waals surface area contributed by atoms with Crippen LogP contribution >= 0.6 is 0 Å². The number of anilines is 1. The van der Waals surface area contributed by atoms with E-state index in [9.17, 15) is 0 Å². The van der Waals surface area contributed by atoms with Crippen LogP contribution in [0.3, 0.4) is 0 Å². The molecule has 0 aliphatic heterocycles. The highest BCUT2D eigenvalue weighted by Gasteiger charge is 1.93. The van der Waals surface area contributed by atoms with Crippen LogP contribution in [0.4, 0.5) is 5.69 Å². The van der Waals surface area contributed by atoms with E-state index in [1.165, 1.54) is 37.7 Å². The van der Waals surface area contributed by atoms with Crippen molar-refractivity contribution < 1.29 is 0 Å². The van der Waals surface area contributed by atoms with E-state index in [2.05, 4.69) is 19.1 Å². The summed E-state index contributed by atoms with van der Waals surface area (Å²) in [7, 11) is 0. The van der Waals surface area contributed by atoms with E-state index in [4.69, 9.17) is 5.73 Å². The molecule has 0 bridgehead atoms. The fourth-order valence-electron chi connectivity index (χ4n) is 1.50. The molecule has 1 nitrogen and oxygen atoms in total. The Balaban J connectivity index is 2.28. The number of hydrogen-bond acceptors (Lipinski definition) is 1. The Morgan fingerprint density at radius 1 is 1.15 bits per heavy atom. The highest BCUT2D eigenvalue weighted by atomic mass is 14.5. The first-order valence-corrected chi connectivity index (χ1v) is 5.17. The van der Waals surface area contributed by atoms with Gasteiger partial charge in [-0.3, -0.25) is 0 Å². The molecule has 0 heterocycles. The van der Waals surface area contributed by atoms with Crippen molar-refractivity contribution in [1.29, 1.82) is 0 Å². The standard InChI is InChI=1S/C12H19N/c1-2-3-4-5-7-11-8-6-9-12(13)10-11/h6,8-10H,2-5,7,13H2,1H3. The second-order valence-electron chi connectivity index (χ2n) is 3.56. The highest BCUT2D eigenvalue weighted by Crippen LogP contribution is 2.10. The largest absolute Gasteiger partial charge is 0.399 e. The van der Waals surface area contributed by atoms with Gasteiger partial charge in [-0.05, 0) is 30.5 Å². The van der Waals surface area contributed by atoms with Crippen LogP contribution < -0.4 is 5.73 Å². The lowest BCUT2D eigenvalue weighted by Crippen LogP contribution is -1.89. The van der Waals surface area contributed by atoms with Gasteiger partial charge in [0.1, 0.15) is 0 Å². The first-order chi connectivity index (χ1) is 6.33. The minimum Gasteiger partial charge on any atom is -0.399 e. The molecular weight excluding hydrogens is 158 g/mol. The van der Waals surface area contributed by atoms with Gasteiger partial charge in [-0.1, -0.05) is 38.3 Å². The Labute approximate surface area is 81.0 Å². The van der Waals surface area contributed by atoms with Gasteiger partial charge in [-0.25, -0.2) is 0 Å². The average molecular weight is 177 g/mol. The molecule has 0 fully saturated rings. The number of rotatable bonds is 5. The zero-order chi connectivity index (χ0) is 9.52. The maximum Gasteiger partial charge on any atom is 0.0316 e. The molecule has 0 aliphatic carbocycles. The van der Waals surface area contributed by atoms with Gasteiger partial charge in [0.05, 0.1) is 0 Å². The lowest BCUT2D eigenvalue weighted by Gasteiger charge is -2.01. The molecule has 0 saturated carbocycles. The van der Waals surface area contributed by atoms with Gasteiger partial charge in [-0.2, -0.15) is 0 Å². The van der Waals surface area contributed by atoms with Gasteiger partial charge in [0.2, 0.25) is 0 Å². The molecule has 0 unspecified atom stereocenters. The molecule has 0 amide bonds. The van der Waals surface area contributed by atoms with Crippen molar-refractivity contribution in [2.24, 2.45) is 0 Å². The van der Waals surface area contributed by atoms with Crippen molar-refractivity contribution in [1.82, 2.24) is 0 Å². The number of aryl methyl sites for hydroxylation is 1. The fraction of sp³-hybridized carbons (Fsp3) is 0.500. The Kier molecular flexibility index (Phi) is 4.37. The third kappa shape index (κ3) is 3.97. The fourth-order valence-corrected chi connectivity index (χ4v) is 1.50. The zero-order valence-corrected chi connectivity index (χ0v) is 8.42. The topological polar surface area (TPSA) is 26.0 Å². The van der Waals surface area contributed by atoms with Crippen LogP contribution in [0.2, 0.25) is 0 Å². The number of hydrogen-bond donors (Lipinski definition) is 1. The molecule has 0 aromatic heterocycles. The van der Waals surface area contributed by atoms with Crippen LogP contribution in [-0.4, -0.2) is 0 Å². The third-order valence-electron chi connectivity index (χ3n) is 2.27. The molecular formula is C12H19N. The van der Waals surface area contributed by atoms with Crippen LogP contribution in [0.15, 0.2) is 24.3 Å². The van der Waals surface area contributed by atoms with Crippen LogP contribution in [0.1, 0.15) is 38.2 Å². The Morgan fingerprint density at radius 2 is 2.00 bits per heavy atom. The quantitative estimate of drug-likeness (QED) is 0.541. The van der Waals surface area contributed by atoms with Gasteiger partial charge >= 0.3 is 0 Å². The van der Waals surface area contributed by atoms with Crippen LogP contribution in [-0.2, 0) is 6.42 Å². The van der Waals surface area contributed by atoms with Gasteiger partial charge < -0.3 is 5.73 Å². The van der Waals surface area contributed by atoms with E-state index >= 15 is 0 Å². The van der Waals surface area contributed by atoms with Crippen molar-refractivity contribution in [3.05, 3.63) is 29.8 Å². The molecule has 1 heteroatoms. The summed E-state index contributed by atoms with van der Waals surface area (Å²) >= 11 is 0. The van der Waals surface area contributed by atoms with Gasteiger partial charge in [0, 0.05) is 5.69 Å². The maximum atomic E-state index is 5.69. The van der Waals surface area contributed by atoms with E-state index in [1.807, 2.05) is 12.1 Å². The molecule has 2 N–H and O–H groups in total. The monoisotopic (exact) mass is 177 g/mol. The summed E-state index contributed by atoms with van der Waals surface area (Å²) in [5.74, 6) is 0. The summed E-state index contributed by atoms with van der Waals surface area (Å²) in [4.78, 5) is 0. The van der Waals surface area contributed by atoms with Crippen molar-refractivity contribution >= 4 is 5.69 Å². The van der Waals surface area contributed by atoms with Crippen LogP contribution in [0.25, 0.3) is 0 Å². The number of benzene rings is 1. The molecule has 0 radical (unpaired) electrons. The summed E-state index contributed by atoms with van der Waals surface area (Å²) in [6, 6.07) is 8.20. The molecule has 1 aromatic carbocycles. The molecule has 0 aliphatic rings. The molecule has 13 heavy (non-hydrogen) atoms. The lowest BCUT2D eigenvalue weighted by atomic mass is 10.1. The smallest absolute Gasteiger partial charge is 0.0316 e. The molecule has 1 aromatic rings. The van der Waals surface area contributed by atoms with E-state index in [1.54, 1.807) is 0 Å². The minimum absolute atomic E-state index is 0.882. The maximum absolute atomic E-state index is 5.69. The van der Waals surface area contributed by atoms with E-state index in [0.29, 0.717) is 0 Å². The predicted molar refractivity (Wildman–Crippen MR) is 58.7 cm³/mol. The van der Waals surface area contributed by atoms with Crippen LogP contribution in [0.5, 0.6) is 0 Å².